The van der Waals surface area contributed by atoms with Gasteiger partial charge in [-0.15, -0.1) is 0 Å². The predicted molar refractivity (Wildman–Crippen MR) is 87.8 cm³/mol. The Hall–Kier alpha value is -0.620. The molecule has 120 valence electrons. The molecule has 0 spiro atoms. The third-order valence-corrected chi connectivity index (χ3v) is 5.08. The Balaban J connectivity index is 3.12. The van der Waals surface area contributed by atoms with Gasteiger partial charge in [-0.3, -0.25) is 0 Å². The average molecular weight is 333 g/mol. The highest BCUT2D eigenvalue weighted by atomic mass is 35.5. The molecule has 0 radical (unpaired) electrons. The number of rotatable bonds is 5. The summed E-state index contributed by atoms with van der Waals surface area (Å²) < 4.78 is 27.9. The molecular formula is C15H25ClN2O2S. The number of nitrogens with one attached hydrogen (secondary N) is 1. The van der Waals surface area contributed by atoms with Crippen LogP contribution >= 0.6 is 11.6 Å². The number of halogens is 1. The molecule has 1 aromatic rings. The van der Waals surface area contributed by atoms with Crippen molar-refractivity contribution in [2.45, 2.75) is 58.0 Å². The van der Waals surface area contributed by atoms with E-state index in [0.717, 1.165) is 5.56 Å². The molecule has 0 amide bonds. The topological polar surface area (TPSA) is 72.2 Å². The molecule has 0 fully saturated rings. The van der Waals surface area contributed by atoms with Crippen LogP contribution in [0.25, 0.3) is 0 Å². The molecule has 0 aliphatic rings. The summed E-state index contributed by atoms with van der Waals surface area (Å²) in [5, 5.41) is 0.200. The van der Waals surface area contributed by atoms with E-state index in [9.17, 15) is 8.42 Å². The summed E-state index contributed by atoms with van der Waals surface area (Å²) in [6.45, 7) is 10.2. The van der Waals surface area contributed by atoms with Crippen LogP contribution < -0.4 is 10.5 Å². The summed E-state index contributed by atoms with van der Waals surface area (Å²) >= 11 is 6.04. The molecule has 1 rings (SSSR count). The lowest BCUT2D eigenvalue weighted by Gasteiger charge is -2.33. The highest BCUT2D eigenvalue weighted by molar-refractivity contribution is 7.89. The molecule has 0 bridgehead atoms. The standard InChI is InChI=1S/C15H25ClN2O2S/c1-14(2,3)10-15(4,5)18-21(19,20)13-8-11(9-17)6-7-12(13)16/h6-8,18H,9-10,17H2,1-5H3. The minimum atomic E-state index is -3.69. The third-order valence-electron chi connectivity index (χ3n) is 2.90. The Morgan fingerprint density at radius 3 is 2.24 bits per heavy atom. The lowest BCUT2D eigenvalue weighted by atomic mass is 9.82. The van der Waals surface area contributed by atoms with Crippen LogP contribution in [-0.4, -0.2) is 14.0 Å². The largest absolute Gasteiger partial charge is 0.326 e. The van der Waals surface area contributed by atoms with Gasteiger partial charge in [0.25, 0.3) is 0 Å². The highest BCUT2D eigenvalue weighted by Crippen LogP contribution is 2.29. The number of nitrogens with two attached hydrogens (primary N) is 1. The molecule has 0 aliphatic heterocycles. The average Bonchev–Trinajstić information content (AvgIpc) is 2.24. The molecule has 3 N–H and O–H groups in total. The molecule has 0 heterocycles. The zero-order valence-electron chi connectivity index (χ0n) is 13.3. The molecule has 1 aromatic carbocycles. The van der Waals surface area contributed by atoms with Crippen molar-refractivity contribution in [2.24, 2.45) is 11.1 Å². The summed E-state index contributed by atoms with van der Waals surface area (Å²) in [6.07, 6.45) is 0.702. The minimum Gasteiger partial charge on any atom is -0.326 e. The monoisotopic (exact) mass is 332 g/mol. The fourth-order valence-corrected chi connectivity index (χ4v) is 4.62. The highest BCUT2D eigenvalue weighted by Gasteiger charge is 2.31. The zero-order chi connectivity index (χ0) is 16.5. The molecule has 4 nitrogen and oxygen atoms in total. The van der Waals surface area contributed by atoms with Crippen LogP contribution in [0, 0.1) is 5.41 Å². The second kappa shape index (κ2) is 6.24. The predicted octanol–water partition coefficient (Wildman–Crippen LogP) is 3.29. The van der Waals surface area contributed by atoms with E-state index in [1.165, 1.54) is 6.07 Å². The number of benzene rings is 1. The second-order valence-electron chi connectivity index (χ2n) is 7.20. The van der Waals surface area contributed by atoms with Gasteiger partial charge in [-0.2, -0.15) is 0 Å². The first kappa shape index (κ1) is 18.4. The van der Waals surface area contributed by atoms with Gasteiger partial charge >= 0.3 is 0 Å². The van der Waals surface area contributed by atoms with Crippen LogP contribution in [0.5, 0.6) is 0 Å². The van der Waals surface area contributed by atoms with Crippen molar-refractivity contribution < 1.29 is 8.42 Å². The van der Waals surface area contributed by atoms with Crippen LogP contribution in [0.2, 0.25) is 5.02 Å². The van der Waals surface area contributed by atoms with E-state index in [1.807, 2.05) is 13.8 Å². The van der Waals surface area contributed by atoms with E-state index in [1.54, 1.807) is 12.1 Å². The van der Waals surface area contributed by atoms with Crippen molar-refractivity contribution in [1.29, 1.82) is 0 Å². The molecular weight excluding hydrogens is 308 g/mol. The first-order valence-electron chi connectivity index (χ1n) is 6.89. The first-order chi connectivity index (χ1) is 9.36. The Kier molecular flexibility index (Phi) is 5.48. The van der Waals surface area contributed by atoms with Gasteiger partial charge in [-0.1, -0.05) is 38.4 Å². The van der Waals surface area contributed by atoms with Crippen molar-refractivity contribution in [2.75, 3.05) is 0 Å². The lowest BCUT2D eigenvalue weighted by molar-refractivity contribution is 0.269. The molecule has 0 saturated heterocycles. The summed E-state index contributed by atoms with van der Waals surface area (Å²) in [5.74, 6) is 0. The van der Waals surface area contributed by atoms with Crippen LogP contribution in [0.3, 0.4) is 0 Å². The molecule has 21 heavy (non-hydrogen) atoms. The molecule has 6 heteroatoms. The van der Waals surface area contributed by atoms with E-state index < -0.39 is 15.6 Å². The summed E-state index contributed by atoms with van der Waals surface area (Å²) in [4.78, 5) is 0.0779. The first-order valence-corrected chi connectivity index (χ1v) is 8.75. The van der Waals surface area contributed by atoms with Gasteiger partial charge in [0.15, 0.2) is 0 Å². The fourth-order valence-electron chi connectivity index (χ4n) is 2.66. The summed E-state index contributed by atoms with van der Waals surface area (Å²) in [5.41, 5.74) is 5.73. The van der Waals surface area contributed by atoms with Gasteiger partial charge in [0, 0.05) is 12.1 Å². The van der Waals surface area contributed by atoms with Gasteiger partial charge in [0.1, 0.15) is 4.90 Å². The smallest absolute Gasteiger partial charge is 0.242 e. The quantitative estimate of drug-likeness (QED) is 0.869. The van der Waals surface area contributed by atoms with Crippen LogP contribution in [0.15, 0.2) is 23.1 Å². The SMILES string of the molecule is CC(C)(C)CC(C)(C)NS(=O)(=O)c1cc(CN)ccc1Cl. The van der Waals surface area contributed by atoms with Gasteiger partial charge in [-0.25, -0.2) is 13.1 Å². The van der Waals surface area contributed by atoms with Gasteiger partial charge in [0.2, 0.25) is 10.0 Å². The maximum absolute atomic E-state index is 12.6. The number of hydrogen-bond donors (Lipinski definition) is 2. The maximum Gasteiger partial charge on any atom is 0.242 e. The van der Waals surface area contributed by atoms with Crippen molar-refractivity contribution >= 4 is 21.6 Å². The normalized spacial score (nSPS) is 13.5. The van der Waals surface area contributed by atoms with E-state index in [0.29, 0.717) is 6.42 Å². The molecule has 0 unspecified atom stereocenters. The number of hydrogen-bond acceptors (Lipinski definition) is 3. The van der Waals surface area contributed by atoms with Crippen molar-refractivity contribution in [3.05, 3.63) is 28.8 Å². The van der Waals surface area contributed by atoms with Gasteiger partial charge in [-0.05, 0) is 43.4 Å². The van der Waals surface area contributed by atoms with Crippen molar-refractivity contribution in [3.8, 4) is 0 Å². The van der Waals surface area contributed by atoms with Crippen molar-refractivity contribution in [3.63, 3.8) is 0 Å². The van der Waals surface area contributed by atoms with E-state index in [4.69, 9.17) is 17.3 Å². The minimum absolute atomic E-state index is 0.00885. The van der Waals surface area contributed by atoms with Crippen LogP contribution in [0.4, 0.5) is 0 Å². The van der Waals surface area contributed by atoms with Crippen LogP contribution in [0.1, 0.15) is 46.6 Å². The number of sulfonamides is 1. The van der Waals surface area contributed by atoms with Gasteiger partial charge in [0.05, 0.1) is 5.02 Å². The summed E-state index contributed by atoms with van der Waals surface area (Å²) in [7, 11) is -3.69. The molecule has 0 atom stereocenters. The lowest BCUT2D eigenvalue weighted by Crippen LogP contribution is -2.45. The Morgan fingerprint density at radius 1 is 1.19 bits per heavy atom. The zero-order valence-corrected chi connectivity index (χ0v) is 14.9. The molecule has 0 aliphatic carbocycles. The fraction of sp³-hybridized carbons (Fsp3) is 0.600. The van der Waals surface area contributed by atoms with Gasteiger partial charge < -0.3 is 5.73 Å². The summed E-state index contributed by atoms with van der Waals surface area (Å²) in [6, 6.07) is 4.81. The molecule has 0 aromatic heterocycles. The third kappa shape index (κ3) is 5.58. The van der Waals surface area contributed by atoms with Crippen LogP contribution in [-0.2, 0) is 16.6 Å². The van der Waals surface area contributed by atoms with E-state index in [2.05, 4.69) is 25.5 Å². The van der Waals surface area contributed by atoms with E-state index >= 15 is 0 Å². The second-order valence-corrected chi connectivity index (χ2v) is 9.25. The molecule has 0 saturated carbocycles. The van der Waals surface area contributed by atoms with Crippen molar-refractivity contribution in [1.82, 2.24) is 4.72 Å². The Labute approximate surface area is 133 Å². The van der Waals surface area contributed by atoms with E-state index in [-0.39, 0.29) is 21.9 Å². The Bertz CT molecular complexity index is 605. The Morgan fingerprint density at radius 2 is 1.76 bits per heavy atom. The maximum atomic E-state index is 12.6.